The van der Waals surface area contributed by atoms with E-state index in [2.05, 4.69) is 15.2 Å². The zero-order valence-electron chi connectivity index (χ0n) is 13.0. The van der Waals surface area contributed by atoms with E-state index in [0.29, 0.717) is 11.4 Å². The lowest BCUT2D eigenvalue weighted by molar-refractivity contribution is -0.124. The van der Waals surface area contributed by atoms with Crippen molar-refractivity contribution in [3.8, 4) is 0 Å². The van der Waals surface area contributed by atoms with Crippen LogP contribution in [0.4, 0.5) is 11.5 Å². The number of rotatable bonds is 4. The van der Waals surface area contributed by atoms with Crippen LogP contribution < -0.4 is 10.2 Å². The molecule has 1 atom stereocenters. The number of carbonyl (C=O) groups excluding carboxylic acids is 1. The van der Waals surface area contributed by atoms with Crippen molar-refractivity contribution in [2.24, 2.45) is 0 Å². The summed E-state index contributed by atoms with van der Waals surface area (Å²) in [5, 5.41) is 12.7. The minimum atomic E-state index is -1.19. The second-order valence-electron chi connectivity index (χ2n) is 5.75. The molecule has 1 saturated heterocycles. The first kappa shape index (κ1) is 15.5. The molecule has 1 aliphatic rings. The van der Waals surface area contributed by atoms with Crippen LogP contribution >= 0.6 is 0 Å². The molecule has 23 heavy (non-hydrogen) atoms. The fourth-order valence-corrected chi connectivity index (χ4v) is 2.78. The third-order valence-electron chi connectivity index (χ3n) is 4.08. The van der Waals surface area contributed by atoms with E-state index >= 15 is 0 Å². The van der Waals surface area contributed by atoms with Crippen molar-refractivity contribution >= 4 is 17.4 Å². The van der Waals surface area contributed by atoms with Crippen molar-refractivity contribution in [3.05, 3.63) is 54.2 Å². The van der Waals surface area contributed by atoms with Gasteiger partial charge in [-0.2, -0.15) is 0 Å². The van der Waals surface area contributed by atoms with E-state index in [0.717, 1.165) is 18.8 Å². The quantitative estimate of drug-likeness (QED) is 0.911. The van der Waals surface area contributed by atoms with Crippen molar-refractivity contribution in [2.45, 2.75) is 25.4 Å². The Morgan fingerprint density at radius 1 is 1.09 bits per heavy atom. The maximum atomic E-state index is 12.1. The molecule has 3 rings (SSSR count). The molecule has 1 aromatic carbocycles. The molecule has 1 unspecified atom stereocenters. The summed E-state index contributed by atoms with van der Waals surface area (Å²) in [6.45, 7) is 2.11. The smallest absolute Gasteiger partial charge is 0.258 e. The predicted octanol–water partition coefficient (Wildman–Crippen LogP) is 2.74. The van der Waals surface area contributed by atoms with E-state index in [-0.39, 0.29) is 0 Å². The largest absolute Gasteiger partial charge is 0.378 e. The molecular formula is C18H21N3O2. The summed E-state index contributed by atoms with van der Waals surface area (Å²) < 4.78 is 0. The fraction of sp³-hybridized carbons (Fsp3) is 0.333. The second kappa shape index (κ2) is 7.24. The number of aromatic nitrogens is 1. The highest BCUT2D eigenvalue weighted by Crippen LogP contribution is 2.20. The van der Waals surface area contributed by atoms with Gasteiger partial charge in [0.25, 0.3) is 5.91 Å². The summed E-state index contributed by atoms with van der Waals surface area (Å²) in [4.78, 5) is 18.7. The van der Waals surface area contributed by atoms with Gasteiger partial charge in [-0.25, -0.2) is 4.98 Å². The highest BCUT2D eigenvalue weighted by molar-refractivity contribution is 5.93. The summed E-state index contributed by atoms with van der Waals surface area (Å²) >= 11 is 0. The summed E-state index contributed by atoms with van der Waals surface area (Å²) in [5.41, 5.74) is 1.64. The first-order valence-corrected chi connectivity index (χ1v) is 7.99. The Kier molecular flexibility index (Phi) is 4.88. The third kappa shape index (κ3) is 3.87. The molecule has 5 nitrogen and oxygen atoms in total. The topological polar surface area (TPSA) is 65.5 Å². The van der Waals surface area contributed by atoms with Crippen molar-refractivity contribution in [1.29, 1.82) is 0 Å². The van der Waals surface area contributed by atoms with Gasteiger partial charge in [0.15, 0.2) is 6.10 Å². The number of nitrogens with zero attached hydrogens (tertiary/aromatic N) is 2. The first-order valence-electron chi connectivity index (χ1n) is 7.99. The molecule has 1 fully saturated rings. The number of aliphatic hydroxyl groups excluding tert-OH is 1. The van der Waals surface area contributed by atoms with E-state index in [1.54, 1.807) is 36.5 Å². The van der Waals surface area contributed by atoms with Crippen LogP contribution in [0.5, 0.6) is 0 Å². The molecule has 1 aromatic heterocycles. The van der Waals surface area contributed by atoms with Crippen LogP contribution in [0.3, 0.4) is 0 Å². The van der Waals surface area contributed by atoms with E-state index < -0.39 is 12.0 Å². The molecule has 0 spiro atoms. The van der Waals surface area contributed by atoms with Gasteiger partial charge in [0.2, 0.25) is 0 Å². The lowest BCUT2D eigenvalue weighted by Gasteiger charge is -2.28. The lowest BCUT2D eigenvalue weighted by atomic mass is 10.1. The van der Waals surface area contributed by atoms with Crippen molar-refractivity contribution < 1.29 is 9.90 Å². The normalized spacial score (nSPS) is 16.0. The number of anilines is 2. The Hall–Kier alpha value is -2.40. The number of aliphatic hydroxyl groups is 1. The van der Waals surface area contributed by atoms with Crippen molar-refractivity contribution in [3.63, 3.8) is 0 Å². The highest BCUT2D eigenvalue weighted by atomic mass is 16.3. The Morgan fingerprint density at radius 3 is 2.48 bits per heavy atom. The number of nitrogens with one attached hydrogen (secondary N) is 1. The van der Waals surface area contributed by atoms with E-state index in [1.807, 2.05) is 12.1 Å². The van der Waals surface area contributed by atoms with Crippen LogP contribution in [0.2, 0.25) is 0 Å². The molecule has 2 heterocycles. The monoisotopic (exact) mass is 311 g/mol. The number of pyridine rings is 1. The van der Waals surface area contributed by atoms with Crippen LogP contribution in [0.15, 0.2) is 48.7 Å². The van der Waals surface area contributed by atoms with E-state index in [4.69, 9.17) is 0 Å². The van der Waals surface area contributed by atoms with Crippen LogP contribution in [0.25, 0.3) is 0 Å². The average molecular weight is 311 g/mol. The first-order chi connectivity index (χ1) is 11.2. The van der Waals surface area contributed by atoms with Crippen molar-refractivity contribution in [1.82, 2.24) is 4.98 Å². The van der Waals surface area contributed by atoms with Crippen molar-refractivity contribution in [2.75, 3.05) is 23.3 Å². The SMILES string of the molecule is O=C(Nc1ccc(N2CCCCC2)cn1)C(O)c1ccccc1. The fourth-order valence-electron chi connectivity index (χ4n) is 2.78. The van der Waals surface area contributed by atoms with Crippen LogP contribution in [0.1, 0.15) is 30.9 Å². The molecule has 0 radical (unpaired) electrons. The van der Waals surface area contributed by atoms with Gasteiger partial charge in [0.05, 0.1) is 11.9 Å². The molecular weight excluding hydrogens is 290 g/mol. The average Bonchev–Trinajstić information content (AvgIpc) is 2.63. The molecule has 0 bridgehead atoms. The standard InChI is InChI=1S/C18H21N3O2/c22-17(14-7-3-1-4-8-14)18(23)20-16-10-9-15(13-19-16)21-11-5-2-6-12-21/h1,3-4,7-10,13,17,22H,2,5-6,11-12H2,(H,19,20,23). The summed E-state index contributed by atoms with van der Waals surface area (Å²) in [6, 6.07) is 12.6. The number of piperidine rings is 1. The van der Waals surface area contributed by atoms with Crippen LogP contribution in [-0.4, -0.2) is 29.1 Å². The van der Waals surface area contributed by atoms with Gasteiger partial charge in [0, 0.05) is 13.1 Å². The molecule has 0 aliphatic carbocycles. The molecule has 120 valence electrons. The zero-order chi connectivity index (χ0) is 16.1. The van der Waals surface area contributed by atoms with E-state index in [9.17, 15) is 9.90 Å². The minimum Gasteiger partial charge on any atom is -0.378 e. The maximum absolute atomic E-state index is 12.1. The summed E-state index contributed by atoms with van der Waals surface area (Å²) in [7, 11) is 0. The van der Waals surface area contributed by atoms with Gasteiger partial charge in [-0.05, 0) is 37.0 Å². The van der Waals surface area contributed by atoms with Gasteiger partial charge in [-0.15, -0.1) is 0 Å². The molecule has 1 aliphatic heterocycles. The van der Waals surface area contributed by atoms with Gasteiger partial charge in [0.1, 0.15) is 5.82 Å². The Labute approximate surface area is 136 Å². The minimum absolute atomic E-state index is 0.450. The Bertz CT molecular complexity index is 637. The molecule has 2 aromatic rings. The van der Waals surface area contributed by atoms with Gasteiger partial charge in [-0.3, -0.25) is 4.79 Å². The second-order valence-corrected chi connectivity index (χ2v) is 5.75. The van der Waals surface area contributed by atoms with Crippen LogP contribution in [0, 0.1) is 0 Å². The Balaban J connectivity index is 1.62. The number of benzene rings is 1. The van der Waals surface area contributed by atoms with Gasteiger partial charge >= 0.3 is 0 Å². The number of hydrogen-bond acceptors (Lipinski definition) is 4. The van der Waals surface area contributed by atoms with E-state index in [1.165, 1.54) is 19.3 Å². The third-order valence-corrected chi connectivity index (χ3v) is 4.08. The molecule has 0 saturated carbocycles. The highest BCUT2D eigenvalue weighted by Gasteiger charge is 2.18. The number of hydrogen-bond donors (Lipinski definition) is 2. The van der Waals surface area contributed by atoms with Crippen LogP contribution in [-0.2, 0) is 4.79 Å². The maximum Gasteiger partial charge on any atom is 0.258 e. The number of carbonyl (C=O) groups is 1. The number of amides is 1. The van der Waals surface area contributed by atoms with Gasteiger partial charge in [-0.1, -0.05) is 30.3 Å². The zero-order valence-corrected chi connectivity index (χ0v) is 13.0. The molecule has 2 N–H and O–H groups in total. The molecule has 1 amide bonds. The van der Waals surface area contributed by atoms with Gasteiger partial charge < -0.3 is 15.3 Å². The molecule has 5 heteroatoms. The lowest BCUT2D eigenvalue weighted by Crippen LogP contribution is -2.29. The summed E-state index contributed by atoms with van der Waals surface area (Å²) in [6.07, 6.45) is 4.29. The summed E-state index contributed by atoms with van der Waals surface area (Å²) in [5.74, 6) is -0.0276. The predicted molar refractivity (Wildman–Crippen MR) is 90.3 cm³/mol. The Morgan fingerprint density at radius 2 is 1.83 bits per heavy atom.